The number of carbonyl (C=O) groups is 4. The van der Waals surface area contributed by atoms with E-state index in [1.54, 1.807) is 6.92 Å². The first-order valence-electron chi connectivity index (χ1n) is 12.5. The normalized spacial score (nSPS) is 21.6. The van der Waals surface area contributed by atoms with Crippen LogP contribution in [0, 0.1) is 0 Å². The molecule has 0 bridgehead atoms. The van der Waals surface area contributed by atoms with Crippen molar-refractivity contribution in [3.63, 3.8) is 0 Å². The fraction of sp³-hybridized carbons (Fsp3) is 0.407. The lowest BCUT2D eigenvalue weighted by atomic mass is 10.1. The molecule has 0 radical (unpaired) electrons. The molecule has 0 saturated carbocycles. The van der Waals surface area contributed by atoms with Crippen LogP contribution in [-0.4, -0.2) is 66.2 Å². The Kier molecular flexibility index (Phi) is 8.85. The van der Waals surface area contributed by atoms with Gasteiger partial charge in [-0.25, -0.2) is 0 Å². The zero-order valence-corrected chi connectivity index (χ0v) is 21.8. The van der Waals surface area contributed by atoms with Crippen LogP contribution in [0.25, 0.3) is 0 Å². The third kappa shape index (κ3) is 6.62. The molecule has 4 rings (SSSR count). The van der Waals surface area contributed by atoms with Gasteiger partial charge in [-0.1, -0.05) is 41.9 Å². The van der Waals surface area contributed by atoms with Crippen LogP contribution in [0.3, 0.4) is 0 Å². The Bertz CT molecular complexity index is 1190. The summed E-state index contributed by atoms with van der Waals surface area (Å²) in [7, 11) is 0. The minimum Gasteiger partial charge on any atom is -0.433 e. The van der Waals surface area contributed by atoms with Crippen molar-refractivity contribution in [2.75, 3.05) is 18.9 Å². The van der Waals surface area contributed by atoms with Gasteiger partial charge >= 0.3 is 5.97 Å². The minimum absolute atomic E-state index is 0.0149. The number of hydrogen-bond acceptors (Lipinski definition) is 7. The number of esters is 1. The quantitative estimate of drug-likeness (QED) is 0.325. The Hall–Kier alpha value is -3.63. The summed E-state index contributed by atoms with van der Waals surface area (Å²) in [4.78, 5) is 52.3. The first-order chi connectivity index (χ1) is 18.2. The predicted molar refractivity (Wildman–Crippen MR) is 140 cm³/mol. The molecule has 4 N–H and O–H groups in total. The van der Waals surface area contributed by atoms with Crippen LogP contribution < -0.4 is 16.4 Å². The summed E-state index contributed by atoms with van der Waals surface area (Å²) in [5.41, 5.74) is 7.38. The number of carbonyl (C=O) groups excluding carboxylic acids is 4. The summed E-state index contributed by atoms with van der Waals surface area (Å²) in [5, 5.41) is 5.73. The van der Waals surface area contributed by atoms with Gasteiger partial charge in [-0.05, 0) is 49.9 Å². The summed E-state index contributed by atoms with van der Waals surface area (Å²) >= 11 is 6.00. The molecule has 0 spiro atoms. The number of nitrogens with two attached hydrogens (primary N) is 1. The van der Waals surface area contributed by atoms with Crippen LogP contribution in [0.15, 0.2) is 48.5 Å². The zero-order chi connectivity index (χ0) is 27.2. The average molecular weight is 543 g/mol. The van der Waals surface area contributed by atoms with E-state index in [9.17, 15) is 19.2 Å². The Morgan fingerprint density at radius 3 is 2.71 bits per heavy atom. The van der Waals surface area contributed by atoms with Crippen LogP contribution in [0.4, 0.5) is 5.69 Å². The van der Waals surface area contributed by atoms with Gasteiger partial charge in [0.25, 0.3) is 5.91 Å². The molecule has 2 saturated heterocycles. The summed E-state index contributed by atoms with van der Waals surface area (Å²) < 4.78 is 11.0. The van der Waals surface area contributed by atoms with E-state index in [4.69, 9.17) is 26.8 Å². The number of cyclic esters (lactones) is 1. The number of hydrogen-bond donors (Lipinski definition) is 3. The van der Waals surface area contributed by atoms with Gasteiger partial charge in [0.2, 0.25) is 18.1 Å². The fourth-order valence-corrected chi connectivity index (χ4v) is 4.76. The lowest BCUT2D eigenvalue weighted by Gasteiger charge is -2.28. The highest BCUT2D eigenvalue weighted by Gasteiger charge is 2.41. The highest BCUT2D eigenvalue weighted by atomic mass is 35.5. The smallest absolute Gasteiger partial charge is 0.310 e. The molecule has 2 aromatic carbocycles. The van der Waals surface area contributed by atoms with Gasteiger partial charge in [0.1, 0.15) is 18.1 Å². The molecule has 0 aromatic heterocycles. The molecule has 2 aliphatic rings. The lowest BCUT2D eigenvalue weighted by Crippen LogP contribution is -2.54. The van der Waals surface area contributed by atoms with Crippen molar-refractivity contribution in [2.45, 2.75) is 57.0 Å². The summed E-state index contributed by atoms with van der Waals surface area (Å²) in [6.45, 7) is 2.26. The maximum atomic E-state index is 13.2. The Labute approximate surface area is 225 Å². The molecular weight excluding hydrogens is 512 g/mol. The van der Waals surface area contributed by atoms with Crippen molar-refractivity contribution >= 4 is 41.0 Å². The zero-order valence-electron chi connectivity index (χ0n) is 21.0. The van der Waals surface area contributed by atoms with Gasteiger partial charge in [-0.3, -0.25) is 19.2 Å². The number of ether oxygens (including phenoxy) is 2. The van der Waals surface area contributed by atoms with Crippen molar-refractivity contribution in [3.8, 4) is 0 Å². The van der Waals surface area contributed by atoms with E-state index < -0.39 is 36.3 Å². The maximum absolute atomic E-state index is 13.2. The molecule has 202 valence electrons. The molecule has 38 heavy (non-hydrogen) atoms. The van der Waals surface area contributed by atoms with E-state index in [0.717, 1.165) is 5.56 Å². The van der Waals surface area contributed by atoms with Crippen molar-refractivity contribution < 1.29 is 28.7 Å². The SMILES string of the molecule is C[C@H](NC(=O)c1ccc(N)c(Cl)c1)C(=O)N1CCC[C@H]1C(=O)NC1CC(=O)OC1OCCc1ccccc1. The minimum atomic E-state index is -0.898. The van der Waals surface area contributed by atoms with Gasteiger partial charge in [0.05, 0.1) is 23.7 Å². The number of anilines is 1. The predicted octanol–water partition coefficient (Wildman–Crippen LogP) is 2.05. The van der Waals surface area contributed by atoms with Gasteiger partial charge < -0.3 is 30.7 Å². The maximum Gasteiger partial charge on any atom is 0.310 e. The first-order valence-corrected chi connectivity index (χ1v) is 12.9. The second-order valence-electron chi connectivity index (χ2n) is 9.40. The second kappa shape index (κ2) is 12.3. The Morgan fingerprint density at radius 1 is 1.21 bits per heavy atom. The molecule has 10 nitrogen and oxygen atoms in total. The van der Waals surface area contributed by atoms with Crippen LogP contribution in [0.5, 0.6) is 0 Å². The van der Waals surface area contributed by atoms with E-state index in [-0.39, 0.29) is 28.8 Å². The summed E-state index contributed by atoms with van der Waals surface area (Å²) in [5.74, 6) is -1.71. The highest BCUT2D eigenvalue weighted by molar-refractivity contribution is 6.33. The van der Waals surface area contributed by atoms with Gasteiger partial charge in [-0.2, -0.15) is 0 Å². The first kappa shape index (κ1) is 27.4. The molecule has 4 atom stereocenters. The monoisotopic (exact) mass is 542 g/mol. The molecule has 2 aliphatic heterocycles. The van der Waals surface area contributed by atoms with Gasteiger partial charge in [-0.15, -0.1) is 0 Å². The molecular formula is C27H31ClN4O6. The second-order valence-corrected chi connectivity index (χ2v) is 9.81. The number of nitrogen functional groups attached to an aromatic ring is 1. The van der Waals surface area contributed by atoms with Crippen molar-refractivity contribution in [1.29, 1.82) is 0 Å². The summed E-state index contributed by atoms with van der Waals surface area (Å²) in [6, 6.07) is 11.9. The van der Waals surface area contributed by atoms with Gasteiger partial charge in [0, 0.05) is 12.1 Å². The molecule has 3 amide bonds. The largest absolute Gasteiger partial charge is 0.433 e. The molecule has 0 aliphatic carbocycles. The summed E-state index contributed by atoms with van der Waals surface area (Å²) in [6.07, 6.45) is 0.818. The standard InChI is InChI=1S/C27H31ClN4O6/c1-16(30-24(34)18-9-10-20(29)19(28)14-18)26(36)32-12-5-8-22(32)25(35)31-21-15-23(33)38-27(21)37-13-11-17-6-3-2-4-7-17/h2-4,6-7,9-10,14,16,21-22,27H,5,8,11-13,15,29H2,1H3,(H,30,34)(H,31,35)/t16-,21?,22-,27?/m0/s1. The third-order valence-corrected chi connectivity index (χ3v) is 6.95. The van der Waals surface area contributed by atoms with Crippen molar-refractivity contribution in [3.05, 3.63) is 64.7 Å². The van der Waals surface area contributed by atoms with Crippen LogP contribution >= 0.6 is 11.6 Å². The Balaban J connectivity index is 1.32. The van der Waals surface area contributed by atoms with Crippen LogP contribution in [0.1, 0.15) is 42.1 Å². The molecule has 2 fully saturated rings. The van der Waals surface area contributed by atoms with Crippen molar-refractivity contribution in [1.82, 2.24) is 15.5 Å². The van der Waals surface area contributed by atoms with E-state index in [0.29, 0.717) is 38.1 Å². The Morgan fingerprint density at radius 2 is 1.97 bits per heavy atom. The highest BCUT2D eigenvalue weighted by Crippen LogP contribution is 2.23. The number of amides is 3. The van der Waals surface area contributed by atoms with E-state index in [1.165, 1.54) is 23.1 Å². The van der Waals surface area contributed by atoms with E-state index in [1.807, 2.05) is 30.3 Å². The fourth-order valence-electron chi connectivity index (χ4n) is 4.58. The number of likely N-dealkylation sites (tertiary alicyclic amines) is 1. The molecule has 2 heterocycles. The number of nitrogens with zero attached hydrogens (tertiary/aromatic N) is 1. The number of nitrogens with one attached hydrogen (secondary N) is 2. The van der Waals surface area contributed by atoms with Gasteiger partial charge in [0.15, 0.2) is 0 Å². The topological polar surface area (TPSA) is 140 Å². The van der Waals surface area contributed by atoms with Crippen molar-refractivity contribution in [2.24, 2.45) is 0 Å². The molecule has 2 aromatic rings. The average Bonchev–Trinajstić information content (AvgIpc) is 3.52. The van der Waals surface area contributed by atoms with E-state index in [2.05, 4.69) is 10.6 Å². The molecule has 2 unspecified atom stereocenters. The number of halogens is 1. The molecule has 11 heteroatoms. The lowest BCUT2D eigenvalue weighted by molar-refractivity contribution is -0.165. The third-order valence-electron chi connectivity index (χ3n) is 6.63. The number of rotatable bonds is 9. The van der Waals surface area contributed by atoms with E-state index >= 15 is 0 Å². The number of benzene rings is 2. The van der Waals surface area contributed by atoms with Crippen LogP contribution in [0.2, 0.25) is 5.02 Å². The van der Waals surface area contributed by atoms with Crippen LogP contribution in [-0.2, 0) is 30.3 Å².